The Labute approximate surface area is 87.5 Å². The quantitative estimate of drug-likeness (QED) is 0.692. The molecule has 1 N–H and O–H groups in total. The fourth-order valence-electron chi connectivity index (χ4n) is 2.37. The number of fused-ring (bicyclic) bond motifs is 1. The Morgan fingerprint density at radius 2 is 1.93 bits per heavy atom. The third-order valence-electron chi connectivity index (χ3n) is 3.13. The monoisotopic (exact) mass is 205 g/mol. The van der Waals surface area contributed by atoms with Gasteiger partial charge in [0.1, 0.15) is 0 Å². The fourth-order valence-corrected chi connectivity index (χ4v) is 4.56. The summed E-state index contributed by atoms with van der Waals surface area (Å²) in [4.78, 5) is 0. The van der Waals surface area contributed by atoms with Gasteiger partial charge in [-0.1, -0.05) is 37.8 Å². The van der Waals surface area contributed by atoms with E-state index in [1.54, 1.807) is 5.56 Å². The third-order valence-corrected chi connectivity index (χ3v) is 5.82. The summed E-state index contributed by atoms with van der Waals surface area (Å²) in [7, 11) is -1.05. The number of rotatable bonds is 1. The number of hydrogen-bond donors (Lipinski definition) is 1. The molecule has 0 spiro atoms. The zero-order valence-corrected chi connectivity index (χ0v) is 10.3. The maximum atomic E-state index is 3.49. The van der Waals surface area contributed by atoms with Crippen LogP contribution in [0.3, 0.4) is 0 Å². The Bertz CT molecular complexity index is 327. The molecule has 0 saturated carbocycles. The van der Waals surface area contributed by atoms with Gasteiger partial charge in [0.2, 0.25) is 0 Å². The van der Waals surface area contributed by atoms with Crippen molar-refractivity contribution in [3.8, 4) is 0 Å². The number of para-hydroxylation sites is 1. The van der Waals surface area contributed by atoms with Crippen LogP contribution in [0.1, 0.15) is 17.5 Å². The highest BCUT2D eigenvalue weighted by Crippen LogP contribution is 2.37. The molecule has 1 aromatic rings. The van der Waals surface area contributed by atoms with Gasteiger partial charge in [-0.2, -0.15) is 0 Å². The second kappa shape index (κ2) is 3.43. The van der Waals surface area contributed by atoms with E-state index >= 15 is 0 Å². The Morgan fingerprint density at radius 1 is 1.21 bits per heavy atom. The van der Waals surface area contributed by atoms with Crippen molar-refractivity contribution in [3.63, 3.8) is 0 Å². The SMILES string of the molecule is C[Si](C)(C)C1CCNc2ccccc21. The molecule has 0 amide bonds. The lowest BCUT2D eigenvalue weighted by atomic mass is 10.0. The summed E-state index contributed by atoms with van der Waals surface area (Å²) in [5, 5.41) is 3.49. The minimum absolute atomic E-state index is 0.833. The Balaban J connectivity index is 2.41. The Kier molecular flexibility index (Phi) is 2.39. The first kappa shape index (κ1) is 9.78. The Hall–Kier alpha value is -0.763. The van der Waals surface area contributed by atoms with Crippen LogP contribution in [0.4, 0.5) is 5.69 Å². The van der Waals surface area contributed by atoms with E-state index in [0.717, 1.165) is 12.1 Å². The first-order chi connectivity index (χ1) is 6.59. The number of nitrogens with one attached hydrogen (secondary N) is 1. The molecule has 1 heterocycles. The predicted molar refractivity (Wildman–Crippen MR) is 65.6 cm³/mol. The third kappa shape index (κ3) is 1.71. The van der Waals surface area contributed by atoms with Crippen LogP contribution < -0.4 is 5.32 Å². The molecule has 76 valence electrons. The highest BCUT2D eigenvalue weighted by atomic mass is 28.3. The summed E-state index contributed by atoms with van der Waals surface area (Å²) >= 11 is 0. The van der Waals surface area contributed by atoms with Crippen LogP contribution in [0.25, 0.3) is 0 Å². The zero-order chi connectivity index (χ0) is 10.2. The second-order valence-corrected chi connectivity index (χ2v) is 10.7. The molecule has 2 heteroatoms. The van der Waals surface area contributed by atoms with Crippen LogP contribution in [0.5, 0.6) is 0 Å². The van der Waals surface area contributed by atoms with Crippen molar-refractivity contribution >= 4 is 13.8 Å². The topological polar surface area (TPSA) is 12.0 Å². The maximum Gasteiger partial charge on any atom is 0.0523 e. The summed E-state index contributed by atoms with van der Waals surface area (Å²) in [5.41, 5.74) is 3.75. The number of hydrogen-bond acceptors (Lipinski definition) is 1. The van der Waals surface area contributed by atoms with Crippen molar-refractivity contribution < 1.29 is 0 Å². The highest BCUT2D eigenvalue weighted by Gasteiger charge is 2.31. The van der Waals surface area contributed by atoms with Gasteiger partial charge in [-0.05, 0) is 23.6 Å². The molecule has 1 aliphatic heterocycles. The summed E-state index contributed by atoms with van der Waals surface area (Å²) in [5.74, 6) is 0. The van der Waals surface area contributed by atoms with Gasteiger partial charge in [0.15, 0.2) is 0 Å². The molecular weight excluding hydrogens is 186 g/mol. The van der Waals surface area contributed by atoms with E-state index in [4.69, 9.17) is 0 Å². The normalized spacial score (nSPS) is 21.2. The van der Waals surface area contributed by atoms with E-state index in [2.05, 4.69) is 49.2 Å². The van der Waals surface area contributed by atoms with Crippen LogP contribution in [-0.2, 0) is 0 Å². The lowest BCUT2D eigenvalue weighted by molar-refractivity contribution is 0.773. The van der Waals surface area contributed by atoms with E-state index in [1.165, 1.54) is 12.1 Å². The maximum absolute atomic E-state index is 3.49. The van der Waals surface area contributed by atoms with Crippen molar-refractivity contribution in [1.82, 2.24) is 0 Å². The molecule has 1 nitrogen and oxygen atoms in total. The molecule has 0 radical (unpaired) electrons. The molecule has 1 atom stereocenters. The van der Waals surface area contributed by atoms with Crippen LogP contribution >= 0.6 is 0 Å². The van der Waals surface area contributed by atoms with Crippen molar-refractivity contribution in [3.05, 3.63) is 29.8 Å². The summed E-state index contributed by atoms with van der Waals surface area (Å²) < 4.78 is 0. The summed E-state index contributed by atoms with van der Waals surface area (Å²) in [6, 6.07) is 8.80. The molecule has 0 aliphatic carbocycles. The average molecular weight is 205 g/mol. The van der Waals surface area contributed by atoms with Gasteiger partial charge in [0, 0.05) is 12.2 Å². The fraction of sp³-hybridized carbons (Fsp3) is 0.500. The van der Waals surface area contributed by atoms with Gasteiger partial charge < -0.3 is 5.32 Å². The lowest BCUT2D eigenvalue weighted by Crippen LogP contribution is -2.35. The molecule has 0 fully saturated rings. The van der Waals surface area contributed by atoms with E-state index in [-0.39, 0.29) is 0 Å². The Morgan fingerprint density at radius 3 is 2.64 bits per heavy atom. The van der Waals surface area contributed by atoms with Gasteiger partial charge in [-0.15, -0.1) is 0 Å². The molecule has 0 bridgehead atoms. The molecule has 1 aliphatic rings. The molecule has 1 unspecified atom stereocenters. The molecule has 0 aromatic heterocycles. The summed E-state index contributed by atoms with van der Waals surface area (Å²) in [6.45, 7) is 8.56. The smallest absolute Gasteiger partial charge is 0.0523 e. The van der Waals surface area contributed by atoms with Gasteiger partial charge in [0.25, 0.3) is 0 Å². The van der Waals surface area contributed by atoms with E-state index in [1.807, 2.05) is 0 Å². The minimum atomic E-state index is -1.05. The predicted octanol–water partition coefficient (Wildman–Crippen LogP) is 3.46. The van der Waals surface area contributed by atoms with E-state index < -0.39 is 8.07 Å². The van der Waals surface area contributed by atoms with Gasteiger partial charge in [-0.3, -0.25) is 0 Å². The zero-order valence-electron chi connectivity index (χ0n) is 9.30. The van der Waals surface area contributed by atoms with Crippen molar-refractivity contribution in [2.45, 2.75) is 31.6 Å². The lowest BCUT2D eigenvalue weighted by Gasteiger charge is -2.34. The molecule has 2 rings (SSSR count). The van der Waals surface area contributed by atoms with Crippen molar-refractivity contribution in [2.75, 3.05) is 11.9 Å². The molecular formula is C12H19NSi. The molecule has 14 heavy (non-hydrogen) atoms. The first-order valence-electron chi connectivity index (χ1n) is 5.42. The summed E-state index contributed by atoms with van der Waals surface area (Å²) in [6.07, 6.45) is 1.31. The van der Waals surface area contributed by atoms with Gasteiger partial charge >= 0.3 is 0 Å². The van der Waals surface area contributed by atoms with Crippen LogP contribution in [-0.4, -0.2) is 14.6 Å². The second-order valence-electron chi connectivity index (χ2n) is 5.22. The van der Waals surface area contributed by atoms with Crippen molar-refractivity contribution in [2.24, 2.45) is 0 Å². The molecule has 0 saturated heterocycles. The van der Waals surface area contributed by atoms with Gasteiger partial charge in [0.05, 0.1) is 8.07 Å². The average Bonchev–Trinajstić information content (AvgIpc) is 2.15. The number of benzene rings is 1. The highest BCUT2D eigenvalue weighted by molar-refractivity contribution is 6.77. The van der Waals surface area contributed by atoms with Crippen molar-refractivity contribution in [1.29, 1.82) is 0 Å². The van der Waals surface area contributed by atoms with E-state index in [9.17, 15) is 0 Å². The van der Waals surface area contributed by atoms with Gasteiger partial charge in [-0.25, -0.2) is 0 Å². The minimum Gasteiger partial charge on any atom is -0.385 e. The largest absolute Gasteiger partial charge is 0.385 e. The number of anilines is 1. The van der Waals surface area contributed by atoms with Crippen LogP contribution in [0.2, 0.25) is 19.6 Å². The van der Waals surface area contributed by atoms with Crippen LogP contribution in [0.15, 0.2) is 24.3 Å². The molecule has 1 aromatic carbocycles. The first-order valence-corrected chi connectivity index (χ1v) is 8.99. The van der Waals surface area contributed by atoms with Crippen LogP contribution in [0, 0.1) is 0 Å². The standard InChI is InChI=1S/C12H19NSi/c1-14(2,3)12-8-9-13-11-7-5-4-6-10(11)12/h4-7,12-13H,8-9H2,1-3H3. The van der Waals surface area contributed by atoms with E-state index in [0.29, 0.717) is 0 Å².